The number of hydrogen-bond acceptors (Lipinski definition) is 5. The monoisotopic (exact) mass is 384 g/mol. The van der Waals surface area contributed by atoms with Crippen LogP contribution in [0.3, 0.4) is 0 Å². The Hall–Kier alpha value is -2.73. The number of nitrogens with one attached hydrogen (secondary N) is 1. The Balaban J connectivity index is 1.90. The summed E-state index contributed by atoms with van der Waals surface area (Å²) in [6.07, 6.45) is 3.30. The number of carbonyl (C=O) groups excluding carboxylic acids is 1. The van der Waals surface area contributed by atoms with Gasteiger partial charge in [0.2, 0.25) is 0 Å². The highest BCUT2D eigenvalue weighted by Crippen LogP contribution is 2.33. The average molecular weight is 384 g/mol. The molecule has 0 saturated heterocycles. The minimum atomic E-state index is -0.574. The Kier molecular flexibility index (Phi) is 6.41. The summed E-state index contributed by atoms with van der Waals surface area (Å²) in [5, 5.41) is 13.5. The standard InChI is InChI=1S/C22H28N2O4/c1-24-12-6-4-5-7-20(25)17-13-15(8-10-19(17)24)22(26)23-18-14-16(27-2)9-11-21(18)28-3/h8-11,13-14,20,25H,4-7,12H2,1-3H3,(H,23,26). The first-order valence-electron chi connectivity index (χ1n) is 9.60. The fraction of sp³-hybridized carbons (Fsp3) is 0.409. The van der Waals surface area contributed by atoms with E-state index < -0.39 is 6.10 Å². The Morgan fingerprint density at radius 1 is 1.11 bits per heavy atom. The molecule has 1 aliphatic heterocycles. The largest absolute Gasteiger partial charge is 0.497 e. The van der Waals surface area contributed by atoms with Gasteiger partial charge in [-0.25, -0.2) is 0 Å². The lowest BCUT2D eigenvalue weighted by Gasteiger charge is -2.24. The topological polar surface area (TPSA) is 71.0 Å². The van der Waals surface area contributed by atoms with Crippen molar-refractivity contribution in [2.24, 2.45) is 0 Å². The van der Waals surface area contributed by atoms with Crippen molar-refractivity contribution in [3.8, 4) is 11.5 Å². The van der Waals surface area contributed by atoms with E-state index in [0.717, 1.165) is 37.1 Å². The summed E-state index contributed by atoms with van der Waals surface area (Å²) in [6.45, 7) is 0.937. The van der Waals surface area contributed by atoms with Gasteiger partial charge in [-0.15, -0.1) is 0 Å². The molecule has 3 rings (SSSR count). The van der Waals surface area contributed by atoms with Crippen molar-refractivity contribution in [2.45, 2.75) is 31.8 Å². The molecule has 1 amide bonds. The first-order valence-corrected chi connectivity index (χ1v) is 9.60. The van der Waals surface area contributed by atoms with Gasteiger partial charge in [0.25, 0.3) is 5.91 Å². The molecule has 0 aliphatic carbocycles. The number of benzene rings is 2. The molecule has 0 bridgehead atoms. The third-order valence-corrected chi connectivity index (χ3v) is 5.19. The van der Waals surface area contributed by atoms with Crippen LogP contribution in [0.25, 0.3) is 0 Å². The second-order valence-electron chi connectivity index (χ2n) is 7.08. The van der Waals surface area contributed by atoms with E-state index in [-0.39, 0.29) is 5.91 Å². The van der Waals surface area contributed by atoms with Gasteiger partial charge >= 0.3 is 0 Å². The highest BCUT2D eigenvalue weighted by Gasteiger charge is 2.20. The molecule has 0 spiro atoms. The Morgan fingerprint density at radius 3 is 2.68 bits per heavy atom. The van der Waals surface area contributed by atoms with Crippen LogP contribution in [-0.2, 0) is 0 Å². The van der Waals surface area contributed by atoms with Gasteiger partial charge in [0, 0.05) is 36.5 Å². The molecule has 150 valence electrons. The van der Waals surface area contributed by atoms with Crippen molar-refractivity contribution in [3.63, 3.8) is 0 Å². The molecule has 2 N–H and O–H groups in total. The average Bonchev–Trinajstić information content (AvgIpc) is 2.78. The van der Waals surface area contributed by atoms with Crippen molar-refractivity contribution < 1.29 is 19.4 Å². The lowest BCUT2D eigenvalue weighted by atomic mass is 9.99. The van der Waals surface area contributed by atoms with Gasteiger partial charge in [0.1, 0.15) is 11.5 Å². The smallest absolute Gasteiger partial charge is 0.255 e. The SMILES string of the molecule is COc1ccc(OC)c(NC(=O)c2ccc3c(c2)C(O)CCCCCN3C)c1. The molecule has 1 heterocycles. The molecule has 2 aromatic rings. The number of aliphatic hydroxyl groups excluding tert-OH is 1. The number of carbonyl (C=O) groups is 1. The fourth-order valence-electron chi connectivity index (χ4n) is 3.56. The normalized spacial score (nSPS) is 17.0. The predicted molar refractivity (Wildman–Crippen MR) is 111 cm³/mol. The molecule has 0 aromatic heterocycles. The van der Waals surface area contributed by atoms with Crippen molar-refractivity contribution in [1.82, 2.24) is 0 Å². The van der Waals surface area contributed by atoms with E-state index in [1.165, 1.54) is 0 Å². The number of amides is 1. The molecule has 6 heteroatoms. The van der Waals surface area contributed by atoms with Crippen LogP contribution in [0.2, 0.25) is 0 Å². The van der Waals surface area contributed by atoms with Crippen LogP contribution in [0.15, 0.2) is 36.4 Å². The Morgan fingerprint density at radius 2 is 1.93 bits per heavy atom. The van der Waals surface area contributed by atoms with E-state index in [9.17, 15) is 9.90 Å². The first-order chi connectivity index (χ1) is 13.5. The van der Waals surface area contributed by atoms with Crippen molar-refractivity contribution in [1.29, 1.82) is 0 Å². The molecule has 2 aromatic carbocycles. The van der Waals surface area contributed by atoms with Gasteiger partial charge in [0.15, 0.2) is 0 Å². The van der Waals surface area contributed by atoms with Gasteiger partial charge in [-0.1, -0.05) is 12.8 Å². The summed E-state index contributed by atoms with van der Waals surface area (Å²) in [5.41, 5.74) is 2.81. The van der Waals surface area contributed by atoms with Crippen LogP contribution in [0.1, 0.15) is 47.7 Å². The van der Waals surface area contributed by atoms with E-state index in [1.54, 1.807) is 44.6 Å². The number of aliphatic hydroxyl groups is 1. The molecule has 1 atom stereocenters. The third kappa shape index (κ3) is 4.39. The molecule has 0 fully saturated rings. The number of ether oxygens (including phenoxy) is 2. The zero-order chi connectivity index (χ0) is 20.1. The maximum atomic E-state index is 12.9. The molecular formula is C22H28N2O4. The summed E-state index contributed by atoms with van der Waals surface area (Å²) < 4.78 is 10.6. The van der Waals surface area contributed by atoms with Crippen LogP contribution < -0.4 is 19.7 Å². The number of rotatable bonds is 4. The van der Waals surface area contributed by atoms with Crippen LogP contribution in [0, 0.1) is 0 Å². The number of fused-ring (bicyclic) bond motifs is 1. The number of hydrogen-bond donors (Lipinski definition) is 2. The summed E-state index contributed by atoms with van der Waals surface area (Å²) in [6, 6.07) is 10.7. The molecule has 28 heavy (non-hydrogen) atoms. The molecule has 6 nitrogen and oxygen atoms in total. The van der Waals surface area contributed by atoms with Gasteiger partial charge < -0.3 is 24.8 Å². The van der Waals surface area contributed by atoms with E-state index in [0.29, 0.717) is 29.2 Å². The summed E-state index contributed by atoms with van der Waals surface area (Å²) in [5.74, 6) is 0.920. The van der Waals surface area contributed by atoms with Gasteiger partial charge in [-0.05, 0) is 43.2 Å². The zero-order valence-electron chi connectivity index (χ0n) is 16.7. The Bertz CT molecular complexity index is 837. The molecular weight excluding hydrogens is 356 g/mol. The second-order valence-corrected chi connectivity index (χ2v) is 7.08. The Labute approximate surface area is 166 Å². The summed E-state index contributed by atoms with van der Waals surface area (Å²) in [4.78, 5) is 15.0. The van der Waals surface area contributed by atoms with E-state index in [1.807, 2.05) is 13.1 Å². The van der Waals surface area contributed by atoms with Crippen molar-refractivity contribution in [3.05, 3.63) is 47.5 Å². The molecule has 1 aliphatic rings. The van der Waals surface area contributed by atoms with Crippen LogP contribution in [-0.4, -0.2) is 38.8 Å². The van der Waals surface area contributed by atoms with E-state index in [2.05, 4.69) is 10.2 Å². The molecule has 0 saturated carbocycles. The van der Waals surface area contributed by atoms with Crippen LogP contribution in [0.4, 0.5) is 11.4 Å². The maximum Gasteiger partial charge on any atom is 0.255 e. The minimum Gasteiger partial charge on any atom is -0.497 e. The number of nitrogens with zero attached hydrogens (tertiary/aromatic N) is 1. The van der Waals surface area contributed by atoms with Crippen molar-refractivity contribution in [2.75, 3.05) is 38.0 Å². The fourth-order valence-corrected chi connectivity index (χ4v) is 3.56. The second kappa shape index (κ2) is 8.97. The minimum absolute atomic E-state index is 0.260. The lowest BCUT2D eigenvalue weighted by Crippen LogP contribution is -2.21. The molecule has 1 unspecified atom stereocenters. The summed E-state index contributed by atoms with van der Waals surface area (Å²) >= 11 is 0. The van der Waals surface area contributed by atoms with Crippen LogP contribution in [0.5, 0.6) is 11.5 Å². The van der Waals surface area contributed by atoms with Gasteiger partial charge in [-0.2, -0.15) is 0 Å². The zero-order valence-corrected chi connectivity index (χ0v) is 16.7. The lowest BCUT2D eigenvalue weighted by molar-refractivity contribution is 0.102. The third-order valence-electron chi connectivity index (χ3n) is 5.19. The van der Waals surface area contributed by atoms with Crippen LogP contribution >= 0.6 is 0 Å². The van der Waals surface area contributed by atoms with E-state index in [4.69, 9.17) is 9.47 Å². The summed E-state index contributed by atoms with van der Waals surface area (Å²) in [7, 11) is 5.15. The number of methoxy groups -OCH3 is 2. The predicted octanol–water partition coefficient (Wildman–Crippen LogP) is 4.00. The quantitative estimate of drug-likeness (QED) is 0.834. The maximum absolute atomic E-state index is 12.9. The molecule has 0 radical (unpaired) electrons. The highest BCUT2D eigenvalue weighted by atomic mass is 16.5. The van der Waals surface area contributed by atoms with Gasteiger partial charge in [-0.3, -0.25) is 4.79 Å². The highest BCUT2D eigenvalue weighted by molar-refractivity contribution is 6.05. The van der Waals surface area contributed by atoms with Gasteiger partial charge in [0.05, 0.1) is 26.0 Å². The van der Waals surface area contributed by atoms with E-state index >= 15 is 0 Å². The van der Waals surface area contributed by atoms with Crippen molar-refractivity contribution >= 4 is 17.3 Å². The number of anilines is 2. The first kappa shape index (κ1) is 20.0.